The number of rotatable bonds is 8. The van der Waals surface area contributed by atoms with Crippen LogP contribution in [0, 0.1) is 5.92 Å². The number of ether oxygens (including phenoxy) is 1. The third-order valence-corrected chi connectivity index (χ3v) is 3.61. The fraction of sp³-hybridized carbons (Fsp3) is 0.412. The van der Waals surface area contributed by atoms with Crippen molar-refractivity contribution in [3.8, 4) is 5.75 Å². The van der Waals surface area contributed by atoms with Gasteiger partial charge < -0.3 is 14.7 Å². The van der Waals surface area contributed by atoms with Gasteiger partial charge in [-0.25, -0.2) is 0 Å². The molecule has 0 aromatic heterocycles. The Morgan fingerprint density at radius 1 is 1.41 bits per heavy atom. The first-order valence-electron chi connectivity index (χ1n) is 7.40. The van der Waals surface area contributed by atoms with E-state index in [4.69, 9.17) is 9.84 Å². The summed E-state index contributed by atoms with van der Waals surface area (Å²) < 4.78 is 5.39. The molecule has 118 valence electrons. The second-order valence-corrected chi connectivity index (χ2v) is 5.55. The van der Waals surface area contributed by atoms with Gasteiger partial charge in [0, 0.05) is 18.2 Å². The Morgan fingerprint density at radius 2 is 2.05 bits per heavy atom. The van der Waals surface area contributed by atoms with Crippen LogP contribution in [0.4, 0.5) is 0 Å². The number of nitrogens with zero attached hydrogens (tertiary/aromatic N) is 1. The number of carboxylic acid groups (broad SMARTS) is 1. The van der Waals surface area contributed by atoms with Crippen molar-refractivity contribution < 1.29 is 19.4 Å². The molecule has 0 bridgehead atoms. The fourth-order valence-corrected chi connectivity index (χ4v) is 2.17. The molecule has 5 heteroatoms. The van der Waals surface area contributed by atoms with Gasteiger partial charge in [-0.2, -0.15) is 0 Å². The maximum atomic E-state index is 12.6. The molecule has 0 radical (unpaired) electrons. The highest BCUT2D eigenvalue weighted by atomic mass is 16.5. The summed E-state index contributed by atoms with van der Waals surface area (Å²) in [6.45, 7) is 5.86. The first kappa shape index (κ1) is 16.1. The summed E-state index contributed by atoms with van der Waals surface area (Å²) in [7, 11) is 0. The van der Waals surface area contributed by atoms with E-state index in [0.717, 1.165) is 12.8 Å². The Kier molecular flexibility index (Phi) is 5.20. The van der Waals surface area contributed by atoms with E-state index in [0.29, 0.717) is 17.9 Å². The average molecular weight is 303 g/mol. The van der Waals surface area contributed by atoms with Gasteiger partial charge in [-0.1, -0.05) is 19.6 Å². The van der Waals surface area contributed by atoms with E-state index < -0.39 is 11.9 Å². The monoisotopic (exact) mass is 303 g/mol. The van der Waals surface area contributed by atoms with Crippen molar-refractivity contribution in [2.45, 2.75) is 25.8 Å². The standard InChI is InChI=1S/C17H21NO4/c1-3-10-22-15-8-4-13(5-9-15)16(19)18(14-6-7-14)11-12(2)17(20)21/h3-5,8-9,12,14H,1,6-7,10-11H2,2H3,(H,20,21). The number of carboxylic acids is 1. The molecule has 1 atom stereocenters. The first-order valence-corrected chi connectivity index (χ1v) is 7.40. The van der Waals surface area contributed by atoms with Crippen LogP contribution in [0.15, 0.2) is 36.9 Å². The van der Waals surface area contributed by atoms with Crippen molar-refractivity contribution >= 4 is 11.9 Å². The predicted molar refractivity (Wildman–Crippen MR) is 83.0 cm³/mol. The summed E-state index contributed by atoms with van der Waals surface area (Å²) in [5.74, 6) is -0.898. The van der Waals surface area contributed by atoms with Crippen LogP contribution in [-0.4, -0.2) is 41.1 Å². The summed E-state index contributed by atoms with van der Waals surface area (Å²) in [4.78, 5) is 25.3. The molecule has 1 aromatic carbocycles. The predicted octanol–water partition coefficient (Wildman–Crippen LogP) is 2.58. The van der Waals surface area contributed by atoms with Crippen LogP contribution in [0.5, 0.6) is 5.75 Å². The van der Waals surface area contributed by atoms with Crippen molar-refractivity contribution in [1.29, 1.82) is 0 Å². The topological polar surface area (TPSA) is 66.8 Å². The van der Waals surface area contributed by atoms with Crippen LogP contribution >= 0.6 is 0 Å². The highest BCUT2D eigenvalue weighted by Gasteiger charge is 2.34. The van der Waals surface area contributed by atoms with Gasteiger partial charge in [0.05, 0.1) is 5.92 Å². The summed E-state index contributed by atoms with van der Waals surface area (Å²) in [5, 5.41) is 9.04. The Bertz CT molecular complexity index is 548. The van der Waals surface area contributed by atoms with E-state index >= 15 is 0 Å². The van der Waals surface area contributed by atoms with Gasteiger partial charge in [0.2, 0.25) is 0 Å². The number of carbonyl (C=O) groups excluding carboxylic acids is 1. The van der Waals surface area contributed by atoms with E-state index in [-0.39, 0.29) is 18.5 Å². The highest BCUT2D eigenvalue weighted by molar-refractivity contribution is 5.95. The summed E-state index contributed by atoms with van der Waals surface area (Å²) in [6, 6.07) is 7.07. The lowest BCUT2D eigenvalue weighted by Gasteiger charge is -2.24. The van der Waals surface area contributed by atoms with Crippen molar-refractivity contribution in [3.63, 3.8) is 0 Å². The second kappa shape index (κ2) is 7.11. The fourth-order valence-electron chi connectivity index (χ4n) is 2.17. The van der Waals surface area contributed by atoms with Crippen LogP contribution in [0.1, 0.15) is 30.1 Å². The van der Waals surface area contributed by atoms with E-state index in [9.17, 15) is 9.59 Å². The van der Waals surface area contributed by atoms with Gasteiger partial charge in [-0.15, -0.1) is 0 Å². The Balaban J connectivity index is 2.06. The van der Waals surface area contributed by atoms with E-state index in [1.807, 2.05) is 0 Å². The Hall–Kier alpha value is -2.30. The average Bonchev–Trinajstić information content (AvgIpc) is 3.34. The first-order chi connectivity index (χ1) is 10.5. The number of aliphatic carboxylic acids is 1. The molecule has 1 aliphatic rings. The minimum Gasteiger partial charge on any atom is -0.490 e. The third-order valence-electron chi connectivity index (χ3n) is 3.61. The van der Waals surface area contributed by atoms with E-state index in [1.165, 1.54) is 0 Å². The quantitative estimate of drug-likeness (QED) is 0.750. The summed E-state index contributed by atoms with van der Waals surface area (Å²) in [6.07, 6.45) is 3.54. The van der Waals surface area contributed by atoms with Crippen LogP contribution in [0.25, 0.3) is 0 Å². The largest absolute Gasteiger partial charge is 0.490 e. The highest BCUT2D eigenvalue weighted by Crippen LogP contribution is 2.29. The molecule has 1 N–H and O–H groups in total. The van der Waals surface area contributed by atoms with Gasteiger partial charge >= 0.3 is 5.97 Å². The lowest BCUT2D eigenvalue weighted by Crippen LogP contribution is -2.38. The minimum absolute atomic E-state index is 0.120. The second-order valence-electron chi connectivity index (χ2n) is 5.55. The van der Waals surface area contributed by atoms with E-state index in [1.54, 1.807) is 42.2 Å². The van der Waals surface area contributed by atoms with E-state index in [2.05, 4.69) is 6.58 Å². The molecule has 1 aromatic rings. The molecular formula is C17H21NO4. The maximum absolute atomic E-state index is 12.6. The van der Waals surface area contributed by atoms with Crippen molar-refractivity contribution in [2.24, 2.45) is 5.92 Å². The zero-order valence-corrected chi connectivity index (χ0v) is 12.7. The minimum atomic E-state index is -0.883. The number of hydrogen-bond acceptors (Lipinski definition) is 3. The van der Waals surface area contributed by atoms with Crippen molar-refractivity contribution in [2.75, 3.05) is 13.2 Å². The number of hydrogen-bond donors (Lipinski definition) is 1. The molecule has 0 saturated heterocycles. The van der Waals surface area contributed by atoms with Crippen LogP contribution in [0.2, 0.25) is 0 Å². The van der Waals surface area contributed by atoms with Gasteiger partial charge in [0.15, 0.2) is 0 Å². The Labute approximate surface area is 130 Å². The van der Waals surface area contributed by atoms with Gasteiger partial charge in [-0.3, -0.25) is 9.59 Å². The molecule has 1 unspecified atom stereocenters. The molecule has 0 aliphatic heterocycles. The lowest BCUT2D eigenvalue weighted by atomic mass is 10.1. The summed E-state index contributed by atoms with van der Waals surface area (Å²) in [5.41, 5.74) is 0.551. The molecule has 5 nitrogen and oxygen atoms in total. The number of amides is 1. The van der Waals surface area contributed by atoms with Crippen LogP contribution in [0.3, 0.4) is 0 Å². The molecule has 1 fully saturated rings. The zero-order valence-electron chi connectivity index (χ0n) is 12.7. The van der Waals surface area contributed by atoms with Gasteiger partial charge in [0.25, 0.3) is 5.91 Å². The van der Waals surface area contributed by atoms with Crippen molar-refractivity contribution in [3.05, 3.63) is 42.5 Å². The molecule has 2 rings (SSSR count). The van der Waals surface area contributed by atoms with Crippen LogP contribution in [-0.2, 0) is 4.79 Å². The van der Waals surface area contributed by atoms with Gasteiger partial charge in [0.1, 0.15) is 12.4 Å². The molecular weight excluding hydrogens is 282 g/mol. The SMILES string of the molecule is C=CCOc1ccc(C(=O)N(CC(C)C(=O)O)C2CC2)cc1. The molecule has 0 heterocycles. The number of carbonyl (C=O) groups is 2. The smallest absolute Gasteiger partial charge is 0.308 e. The Morgan fingerprint density at radius 3 is 2.55 bits per heavy atom. The summed E-state index contributed by atoms with van der Waals surface area (Å²) >= 11 is 0. The maximum Gasteiger partial charge on any atom is 0.308 e. The number of benzene rings is 1. The van der Waals surface area contributed by atoms with Gasteiger partial charge in [-0.05, 0) is 37.1 Å². The van der Waals surface area contributed by atoms with Crippen molar-refractivity contribution in [1.82, 2.24) is 4.90 Å². The molecule has 1 aliphatic carbocycles. The lowest BCUT2D eigenvalue weighted by molar-refractivity contribution is -0.141. The molecule has 1 saturated carbocycles. The molecule has 22 heavy (non-hydrogen) atoms. The van der Waals surface area contributed by atoms with Crippen LogP contribution < -0.4 is 4.74 Å². The zero-order chi connectivity index (χ0) is 16.1. The normalized spacial score (nSPS) is 15.0. The molecule has 1 amide bonds. The third kappa shape index (κ3) is 4.10. The molecule has 0 spiro atoms.